The van der Waals surface area contributed by atoms with Gasteiger partial charge in [0.25, 0.3) is 0 Å². The van der Waals surface area contributed by atoms with Gasteiger partial charge in [0.2, 0.25) is 0 Å². The van der Waals surface area contributed by atoms with Crippen molar-refractivity contribution >= 4 is 23.3 Å². The molecule has 0 spiro atoms. The summed E-state index contributed by atoms with van der Waals surface area (Å²) in [6.45, 7) is 8.04. The Balaban J connectivity index is 0. The van der Waals surface area contributed by atoms with Crippen LogP contribution in [0, 0.1) is 11.8 Å². The summed E-state index contributed by atoms with van der Waals surface area (Å²) in [5.74, 6) is -0.197. The van der Waals surface area contributed by atoms with E-state index in [1.807, 2.05) is 27.7 Å². The Hall–Kier alpha value is -0.0375. The lowest BCUT2D eigenvalue weighted by Gasteiger charge is -2.31. The molecule has 15 heavy (non-hydrogen) atoms. The average Bonchev–Trinajstić information content (AvgIpc) is 2.00. The molecular formula is C11H25AlO3. The monoisotopic (exact) mass is 232 g/mol. The summed E-state index contributed by atoms with van der Waals surface area (Å²) in [6, 6.07) is 0. The van der Waals surface area contributed by atoms with Crippen LogP contribution in [0.1, 0.15) is 40.5 Å². The van der Waals surface area contributed by atoms with E-state index in [0.29, 0.717) is 24.7 Å². The molecule has 0 unspecified atom stereocenters. The molecule has 0 rings (SSSR count). The molecule has 0 aromatic heterocycles. The fraction of sp³-hybridized carbons (Fsp3) is 0.909. The first-order valence-corrected chi connectivity index (χ1v) is 5.12. The third-order valence-electron chi connectivity index (χ3n) is 2.26. The van der Waals surface area contributed by atoms with E-state index in [1.54, 1.807) is 0 Å². The van der Waals surface area contributed by atoms with Crippen LogP contribution in [0.3, 0.4) is 0 Å². The molecule has 0 radical (unpaired) electrons. The van der Waals surface area contributed by atoms with E-state index in [0.717, 1.165) is 0 Å². The lowest BCUT2D eigenvalue weighted by Crippen LogP contribution is -2.43. The molecule has 0 amide bonds. The van der Waals surface area contributed by atoms with Crippen LogP contribution in [0.4, 0.5) is 0 Å². The van der Waals surface area contributed by atoms with E-state index < -0.39 is 11.6 Å². The second-order valence-electron chi connectivity index (χ2n) is 4.70. The zero-order valence-electron chi connectivity index (χ0n) is 9.83. The lowest BCUT2D eigenvalue weighted by molar-refractivity contribution is -0.166. The van der Waals surface area contributed by atoms with Crippen LogP contribution in [0.25, 0.3) is 0 Å². The fourth-order valence-corrected chi connectivity index (χ4v) is 1.83. The van der Waals surface area contributed by atoms with Crippen LogP contribution in [-0.4, -0.2) is 41.1 Å². The minimum atomic E-state index is -0.998. The summed E-state index contributed by atoms with van der Waals surface area (Å²) in [5, 5.41) is 9.20. The van der Waals surface area contributed by atoms with Crippen LogP contribution in [0.5, 0.6) is 0 Å². The summed E-state index contributed by atoms with van der Waals surface area (Å²) >= 11 is 0. The highest BCUT2D eigenvalue weighted by atomic mass is 27.0. The normalized spacial score (nSPS) is 11.7. The van der Waals surface area contributed by atoms with Crippen molar-refractivity contribution in [1.82, 2.24) is 0 Å². The van der Waals surface area contributed by atoms with Crippen molar-refractivity contribution in [2.45, 2.75) is 46.1 Å². The maximum atomic E-state index is 11.2. The van der Waals surface area contributed by atoms with Gasteiger partial charge in [0.15, 0.2) is 23.0 Å². The Morgan fingerprint density at radius 1 is 1.20 bits per heavy atom. The first-order valence-electron chi connectivity index (χ1n) is 5.12. The average molecular weight is 232 g/mol. The van der Waals surface area contributed by atoms with Crippen molar-refractivity contribution in [2.75, 3.05) is 7.11 Å². The largest absolute Gasteiger partial charge is 0.479 e. The van der Waals surface area contributed by atoms with E-state index in [4.69, 9.17) is 4.74 Å². The van der Waals surface area contributed by atoms with Gasteiger partial charge >= 0.3 is 5.97 Å². The second kappa shape index (κ2) is 7.27. The minimum absolute atomic E-state index is 0. The zero-order valence-corrected chi connectivity index (χ0v) is 9.83. The van der Waals surface area contributed by atoms with Crippen molar-refractivity contribution in [1.29, 1.82) is 0 Å². The van der Waals surface area contributed by atoms with Crippen LogP contribution < -0.4 is 0 Å². The molecule has 0 atom stereocenters. The number of hydrogen-bond acceptors (Lipinski definition) is 2. The Labute approximate surface area is 103 Å². The molecule has 0 aliphatic carbocycles. The molecule has 1 N–H and O–H groups in total. The van der Waals surface area contributed by atoms with Gasteiger partial charge < -0.3 is 9.84 Å². The lowest BCUT2D eigenvalue weighted by atomic mass is 9.85. The number of carboxylic acid groups (broad SMARTS) is 1. The Bertz CT molecular complexity index is 180. The van der Waals surface area contributed by atoms with Crippen molar-refractivity contribution in [3.63, 3.8) is 0 Å². The van der Waals surface area contributed by atoms with Gasteiger partial charge in [0.05, 0.1) is 0 Å². The number of methoxy groups -OCH3 is 1. The molecule has 0 fully saturated rings. The zero-order chi connectivity index (χ0) is 11.4. The summed E-state index contributed by atoms with van der Waals surface area (Å²) in [7, 11) is 1.48. The smallest absolute Gasteiger partial charge is 0.335 e. The van der Waals surface area contributed by atoms with Gasteiger partial charge in [-0.15, -0.1) is 0 Å². The quantitative estimate of drug-likeness (QED) is 0.703. The molecule has 0 aromatic rings. The Morgan fingerprint density at radius 2 is 1.53 bits per heavy atom. The standard InChI is InChI=1S/C11H22O3.Al.3H/c1-8(2)6-11(14-5,10(12)13)7-9(3)4;;;;/h8-9H,6-7H2,1-5H3,(H,12,13);;;;. The highest BCUT2D eigenvalue weighted by Crippen LogP contribution is 2.28. The molecule has 4 heteroatoms. The fourth-order valence-electron chi connectivity index (χ4n) is 1.83. The van der Waals surface area contributed by atoms with Gasteiger partial charge in [-0.05, 0) is 24.7 Å². The minimum Gasteiger partial charge on any atom is -0.479 e. The Morgan fingerprint density at radius 3 is 1.67 bits per heavy atom. The van der Waals surface area contributed by atoms with E-state index in [2.05, 4.69) is 0 Å². The van der Waals surface area contributed by atoms with Crippen LogP contribution in [0.2, 0.25) is 0 Å². The van der Waals surface area contributed by atoms with E-state index in [9.17, 15) is 9.90 Å². The first-order chi connectivity index (χ1) is 6.34. The van der Waals surface area contributed by atoms with Crippen molar-refractivity contribution < 1.29 is 14.6 Å². The molecule has 0 aliphatic rings. The van der Waals surface area contributed by atoms with E-state index in [1.165, 1.54) is 7.11 Å². The van der Waals surface area contributed by atoms with Gasteiger partial charge in [-0.2, -0.15) is 0 Å². The van der Waals surface area contributed by atoms with Crippen molar-refractivity contribution in [3.05, 3.63) is 0 Å². The summed E-state index contributed by atoms with van der Waals surface area (Å²) in [5.41, 5.74) is -0.998. The van der Waals surface area contributed by atoms with Crippen LogP contribution in [0.15, 0.2) is 0 Å². The molecule has 0 aromatic carbocycles. The number of hydrogen-bond donors (Lipinski definition) is 1. The summed E-state index contributed by atoms with van der Waals surface area (Å²) in [4.78, 5) is 11.2. The summed E-state index contributed by atoms with van der Waals surface area (Å²) < 4.78 is 5.22. The number of carboxylic acids is 1. The van der Waals surface area contributed by atoms with Gasteiger partial charge in [-0.25, -0.2) is 4.79 Å². The molecule has 0 heterocycles. The van der Waals surface area contributed by atoms with E-state index in [-0.39, 0.29) is 17.4 Å². The molecule has 0 bridgehead atoms. The topological polar surface area (TPSA) is 46.5 Å². The van der Waals surface area contributed by atoms with E-state index >= 15 is 0 Å². The highest BCUT2D eigenvalue weighted by molar-refractivity contribution is 5.77. The molecule has 0 saturated carbocycles. The number of aliphatic carboxylic acids is 1. The van der Waals surface area contributed by atoms with Crippen molar-refractivity contribution in [2.24, 2.45) is 11.8 Å². The van der Waals surface area contributed by atoms with Crippen LogP contribution >= 0.6 is 0 Å². The maximum absolute atomic E-state index is 11.2. The molecule has 0 saturated heterocycles. The van der Waals surface area contributed by atoms with Gasteiger partial charge in [0.1, 0.15) is 0 Å². The van der Waals surface area contributed by atoms with Gasteiger partial charge in [0, 0.05) is 7.11 Å². The molecule has 90 valence electrons. The number of rotatable bonds is 6. The maximum Gasteiger partial charge on any atom is 0.335 e. The number of carbonyl (C=O) groups is 1. The number of ether oxygens (including phenoxy) is 1. The molecule has 0 aliphatic heterocycles. The van der Waals surface area contributed by atoms with Gasteiger partial charge in [-0.1, -0.05) is 27.7 Å². The first kappa shape index (κ1) is 17.4. The highest BCUT2D eigenvalue weighted by Gasteiger charge is 2.39. The SMILES string of the molecule is COC(CC(C)C)(CC(C)C)C(=O)O.[AlH3]. The Kier molecular flexibility index (Phi) is 8.42. The third-order valence-corrected chi connectivity index (χ3v) is 2.26. The summed E-state index contributed by atoms with van der Waals surface area (Å²) in [6.07, 6.45) is 1.13. The predicted octanol–water partition coefficient (Wildman–Crippen LogP) is 1.36. The second-order valence-corrected chi connectivity index (χ2v) is 4.70. The predicted molar refractivity (Wildman–Crippen MR) is 66.2 cm³/mol. The van der Waals surface area contributed by atoms with Gasteiger partial charge in [-0.3, -0.25) is 0 Å². The van der Waals surface area contributed by atoms with Crippen LogP contribution in [-0.2, 0) is 9.53 Å². The molecule has 3 nitrogen and oxygen atoms in total. The third kappa shape index (κ3) is 5.56. The van der Waals surface area contributed by atoms with Crippen molar-refractivity contribution in [3.8, 4) is 0 Å². The molecular weight excluding hydrogens is 207 g/mol.